The lowest BCUT2D eigenvalue weighted by Crippen LogP contribution is -2.48. The van der Waals surface area contributed by atoms with Crippen molar-refractivity contribution in [3.8, 4) is 0 Å². The highest BCUT2D eigenvalue weighted by Crippen LogP contribution is 2.53. The fourth-order valence-electron chi connectivity index (χ4n) is 5.24. The molecule has 4 atom stereocenters. The van der Waals surface area contributed by atoms with Crippen LogP contribution in [0.25, 0.3) is 0 Å². The molecule has 2 bridgehead atoms. The molecular formula is C22H26N2O3. The first-order chi connectivity index (χ1) is 12.8. The Morgan fingerprint density at radius 3 is 2.70 bits per heavy atom. The number of amides is 2. The first kappa shape index (κ1) is 17.0. The van der Waals surface area contributed by atoms with Gasteiger partial charge in [-0.1, -0.05) is 36.4 Å². The highest BCUT2D eigenvalue weighted by molar-refractivity contribution is 5.93. The second-order valence-electron chi connectivity index (χ2n) is 9.27. The molecule has 5 heteroatoms. The lowest BCUT2D eigenvalue weighted by molar-refractivity contribution is -0.145. The Bertz CT molecular complexity index is 855. The smallest absolute Gasteiger partial charge is 0.230 e. The maximum atomic E-state index is 13.5. The van der Waals surface area contributed by atoms with Gasteiger partial charge in [-0.2, -0.15) is 0 Å². The summed E-state index contributed by atoms with van der Waals surface area (Å²) >= 11 is 0. The molecule has 2 saturated heterocycles. The van der Waals surface area contributed by atoms with Crippen LogP contribution >= 0.6 is 0 Å². The maximum Gasteiger partial charge on any atom is 0.230 e. The van der Waals surface area contributed by atoms with E-state index in [2.05, 4.69) is 12.1 Å². The summed E-state index contributed by atoms with van der Waals surface area (Å²) in [4.78, 5) is 30.5. The normalized spacial score (nSPS) is 34.2. The van der Waals surface area contributed by atoms with Crippen molar-refractivity contribution in [2.75, 3.05) is 13.1 Å². The molecule has 1 aromatic rings. The summed E-state index contributed by atoms with van der Waals surface area (Å²) in [5.41, 5.74) is 1.63. The molecule has 2 amide bonds. The fraction of sp³-hybridized carbons (Fsp3) is 0.545. The third kappa shape index (κ3) is 2.34. The molecule has 5 rings (SSSR count). The van der Waals surface area contributed by atoms with Crippen molar-refractivity contribution in [3.63, 3.8) is 0 Å². The van der Waals surface area contributed by atoms with Crippen molar-refractivity contribution >= 4 is 11.8 Å². The Hall–Kier alpha value is -2.14. The number of benzene rings is 1. The topological polar surface area (TPSA) is 49.9 Å². The monoisotopic (exact) mass is 366 g/mol. The summed E-state index contributed by atoms with van der Waals surface area (Å²) in [6.07, 6.45) is 4.62. The van der Waals surface area contributed by atoms with Gasteiger partial charge in [0.25, 0.3) is 0 Å². The number of nitrogens with zero attached hydrogens (tertiary/aromatic N) is 2. The van der Waals surface area contributed by atoms with E-state index in [0.29, 0.717) is 19.6 Å². The highest BCUT2D eigenvalue weighted by Gasteiger charge is 2.68. The molecule has 2 fully saturated rings. The summed E-state index contributed by atoms with van der Waals surface area (Å²) in [6.45, 7) is 7.99. The molecule has 0 aliphatic carbocycles. The van der Waals surface area contributed by atoms with Gasteiger partial charge in [-0.05, 0) is 38.3 Å². The number of carbonyl (C=O) groups is 2. The van der Waals surface area contributed by atoms with Crippen LogP contribution in [0.15, 0.2) is 36.4 Å². The second kappa shape index (κ2) is 5.44. The SMILES string of the molecule is CC(C)(C)N1C[C@]23C=C[C@H](O2)[C@H](C(=O)N2CCc4ccccc4C2)[C@@H]3C1=O. The van der Waals surface area contributed by atoms with E-state index in [4.69, 9.17) is 4.74 Å². The van der Waals surface area contributed by atoms with E-state index in [9.17, 15) is 9.59 Å². The number of fused-ring (bicyclic) bond motifs is 2. The Morgan fingerprint density at radius 2 is 1.96 bits per heavy atom. The molecule has 4 aliphatic heterocycles. The molecule has 4 heterocycles. The van der Waals surface area contributed by atoms with Crippen molar-refractivity contribution in [2.24, 2.45) is 11.8 Å². The lowest BCUT2D eigenvalue weighted by Gasteiger charge is -2.35. The molecule has 1 aromatic carbocycles. The van der Waals surface area contributed by atoms with E-state index >= 15 is 0 Å². The molecule has 5 nitrogen and oxygen atoms in total. The molecule has 0 N–H and O–H groups in total. The Labute approximate surface area is 160 Å². The molecule has 0 radical (unpaired) electrons. The zero-order valence-corrected chi connectivity index (χ0v) is 16.1. The summed E-state index contributed by atoms with van der Waals surface area (Å²) in [6, 6.07) is 8.30. The van der Waals surface area contributed by atoms with Crippen molar-refractivity contribution in [1.29, 1.82) is 0 Å². The Morgan fingerprint density at radius 1 is 1.22 bits per heavy atom. The van der Waals surface area contributed by atoms with Crippen LogP contribution in [0.1, 0.15) is 31.9 Å². The van der Waals surface area contributed by atoms with Gasteiger partial charge in [-0.25, -0.2) is 0 Å². The van der Waals surface area contributed by atoms with Crippen LogP contribution in [0.3, 0.4) is 0 Å². The molecule has 0 unspecified atom stereocenters. The maximum absolute atomic E-state index is 13.5. The molecule has 142 valence electrons. The average Bonchev–Trinajstić information content (AvgIpc) is 3.28. The van der Waals surface area contributed by atoms with Gasteiger partial charge in [-0.15, -0.1) is 0 Å². The third-order valence-corrected chi connectivity index (χ3v) is 6.64. The van der Waals surface area contributed by atoms with Gasteiger partial charge in [0.1, 0.15) is 5.60 Å². The molecular weight excluding hydrogens is 340 g/mol. The number of rotatable bonds is 1. The summed E-state index contributed by atoms with van der Waals surface area (Å²) in [5.74, 6) is -0.670. The molecule has 0 aromatic heterocycles. The summed E-state index contributed by atoms with van der Waals surface area (Å²) in [5, 5.41) is 0. The zero-order valence-electron chi connectivity index (χ0n) is 16.1. The van der Waals surface area contributed by atoms with Crippen LogP contribution in [0.5, 0.6) is 0 Å². The summed E-state index contributed by atoms with van der Waals surface area (Å²) < 4.78 is 6.25. The Kier molecular flexibility index (Phi) is 3.43. The number of ether oxygens (including phenoxy) is 1. The predicted octanol–water partition coefficient (Wildman–Crippen LogP) is 2.15. The standard InChI is InChI=1S/C22H26N2O3/c1-21(2,3)24-13-22-10-8-16(27-22)17(18(22)20(24)26)19(25)23-11-9-14-6-4-5-7-15(14)12-23/h4-8,10,16-18H,9,11-13H2,1-3H3/t16-,17-,18+,22-/m0/s1. The van der Waals surface area contributed by atoms with E-state index in [1.165, 1.54) is 11.1 Å². The fourth-order valence-corrected chi connectivity index (χ4v) is 5.24. The lowest BCUT2D eigenvalue weighted by atomic mass is 9.76. The predicted molar refractivity (Wildman–Crippen MR) is 101 cm³/mol. The van der Waals surface area contributed by atoms with Crippen LogP contribution in [0.4, 0.5) is 0 Å². The minimum Gasteiger partial charge on any atom is -0.360 e. The average molecular weight is 366 g/mol. The van der Waals surface area contributed by atoms with E-state index < -0.39 is 17.4 Å². The number of hydrogen-bond acceptors (Lipinski definition) is 3. The third-order valence-electron chi connectivity index (χ3n) is 6.64. The molecule has 27 heavy (non-hydrogen) atoms. The second-order valence-corrected chi connectivity index (χ2v) is 9.27. The van der Waals surface area contributed by atoms with Crippen LogP contribution in [-0.4, -0.2) is 51.9 Å². The summed E-state index contributed by atoms with van der Waals surface area (Å²) in [7, 11) is 0. The first-order valence-electron chi connectivity index (χ1n) is 9.84. The van der Waals surface area contributed by atoms with E-state index in [-0.39, 0.29) is 23.5 Å². The first-order valence-corrected chi connectivity index (χ1v) is 9.84. The van der Waals surface area contributed by atoms with Gasteiger partial charge < -0.3 is 14.5 Å². The highest BCUT2D eigenvalue weighted by atomic mass is 16.5. The van der Waals surface area contributed by atoms with Gasteiger partial charge in [0, 0.05) is 18.6 Å². The van der Waals surface area contributed by atoms with Crippen molar-refractivity contribution in [3.05, 3.63) is 47.5 Å². The van der Waals surface area contributed by atoms with Gasteiger partial charge >= 0.3 is 0 Å². The van der Waals surface area contributed by atoms with Crippen LogP contribution in [0.2, 0.25) is 0 Å². The van der Waals surface area contributed by atoms with Gasteiger partial charge in [0.05, 0.1) is 24.5 Å². The van der Waals surface area contributed by atoms with E-state index in [1.807, 2.05) is 54.9 Å². The molecule has 1 spiro atoms. The number of likely N-dealkylation sites (tertiary alicyclic amines) is 1. The minimum absolute atomic E-state index is 0.0603. The minimum atomic E-state index is -0.622. The van der Waals surface area contributed by atoms with Crippen LogP contribution < -0.4 is 0 Å². The van der Waals surface area contributed by atoms with Crippen molar-refractivity contribution in [2.45, 2.75) is 51.0 Å². The molecule has 0 saturated carbocycles. The van der Waals surface area contributed by atoms with E-state index in [0.717, 1.165) is 6.42 Å². The van der Waals surface area contributed by atoms with Gasteiger partial charge in [-0.3, -0.25) is 9.59 Å². The number of carbonyl (C=O) groups excluding carboxylic acids is 2. The van der Waals surface area contributed by atoms with E-state index in [1.54, 1.807) is 0 Å². The van der Waals surface area contributed by atoms with Crippen LogP contribution in [0, 0.1) is 11.8 Å². The van der Waals surface area contributed by atoms with Crippen molar-refractivity contribution < 1.29 is 14.3 Å². The molecule has 4 aliphatic rings. The van der Waals surface area contributed by atoms with Gasteiger partial charge in [0.15, 0.2) is 0 Å². The largest absolute Gasteiger partial charge is 0.360 e. The van der Waals surface area contributed by atoms with Gasteiger partial charge in [0.2, 0.25) is 11.8 Å². The van der Waals surface area contributed by atoms with Crippen molar-refractivity contribution in [1.82, 2.24) is 9.80 Å². The zero-order chi connectivity index (χ0) is 19.0. The number of hydrogen-bond donors (Lipinski definition) is 0. The van der Waals surface area contributed by atoms with Crippen LogP contribution in [-0.2, 0) is 27.3 Å². The quantitative estimate of drug-likeness (QED) is 0.716. The Balaban J connectivity index is 1.44.